The summed E-state index contributed by atoms with van der Waals surface area (Å²) in [4.78, 5) is 54.4. The molecular formula is C18H21FN4O5. The molecule has 2 atom stereocenters. The van der Waals surface area contributed by atoms with Gasteiger partial charge in [0.1, 0.15) is 18.8 Å². The van der Waals surface area contributed by atoms with Crippen LogP contribution in [-0.4, -0.2) is 57.4 Å². The number of hydrogen-bond acceptors (Lipinski definition) is 5. The Balaban J connectivity index is 2.14. The minimum Gasteiger partial charge on any atom is -0.481 e. The second kappa shape index (κ2) is 9.07. The van der Waals surface area contributed by atoms with E-state index in [1.54, 1.807) is 38.1 Å². The fourth-order valence-corrected chi connectivity index (χ4v) is 2.58. The van der Waals surface area contributed by atoms with E-state index < -0.39 is 48.7 Å². The molecule has 0 saturated heterocycles. The molecular weight excluding hydrogens is 371 g/mol. The molecule has 0 saturated carbocycles. The average molecular weight is 392 g/mol. The molecule has 0 bridgehead atoms. The first-order valence-electron chi connectivity index (χ1n) is 8.59. The number of Topliss-reactive ketones (excluding diaryl/α,β-unsaturated/α-hetero) is 1. The zero-order valence-electron chi connectivity index (χ0n) is 15.4. The molecule has 0 aliphatic carbocycles. The van der Waals surface area contributed by atoms with Crippen molar-refractivity contribution in [2.45, 2.75) is 32.4 Å². The van der Waals surface area contributed by atoms with Gasteiger partial charge in [0, 0.05) is 0 Å². The van der Waals surface area contributed by atoms with Gasteiger partial charge in [0.25, 0.3) is 5.91 Å². The number of nitrogens with one attached hydrogen (secondary N) is 3. The van der Waals surface area contributed by atoms with Crippen LogP contribution in [0.5, 0.6) is 0 Å². The monoisotopic (exact) mass is 392 g/mol. The van der Waals surface area contributed by atoms with Crippen LogP contribution in [0.3, 0.4) is 0 Å². The first kappa shape index (κ1) is 21.0. The van der Waals surface area contributed by atoms with Gasteiger partial charge in [-0.1, -0.05) is 26.0 Å². The van der Waals surface area contributed by atoms with Gasteiger partial charge >= 0.3 is 5.97 Å². The average Bonchev–Trinajstić information content (AvgIpc) is 3.08. The molecule has 1 aromatic carbocycles. The Labute approximate surface area is 159 Å². The number of benzene rings is 1. The second-order valence-corrected chi connectivity index (χ2v) is 6.56. The molecule has 150 valence electrons. The Morgan fingerprint density at radius 2 is 1.86 bits per heavy atom. The molecule has 2 aromatic rings. The van der Waals surface area contributed by atoms with E-state index in [4.69, 9.17) is 5.11 Å². The number of aromatic amines is 1. The summed E-state index contributed by atoms with van der Waals surface area (Å²) in [6, 6.07) is 4.40. The Bertz CT molecular complexity index is 862. The fourth-order valence-electron chi connectivity index (χ4n) is 2.58. The van der Waals surface area contributed by atoms with E-state index in [1.165, 1.54) is 0 Å². The van der Waals surface area contributed by atoms with Crippen LogP contribution < -0.4 is 10.6 Å². The molecule has 10 heteroatoms. The lowest BCUT2D eigenvalue weighted by Gasteiger charge is -2.23. The van der Waals surface area contributed by atoms with Crippen LogP contribution in [0.25, 0.3) is 11.0 Å². The van der Waals surface area contributed by atoms with E-state index in [0.29, 0.717) is 11.0 Å². The number of aliphatic carboxylic acids is 1. The summed E-state index contributed by atoms with van der Waals surface area (Å²) in [5.74, 6) is -4.23. The minimum atomic E-state index is -1.51. The van der Waals surface area contributed by atoms with Crippen LogP contribution >= 0.6 is 0 Å². The third-order valence-electron chi connectivity index (χ3n) is 4.06. The number of ketones is 1. The quantitative estimate of drug-likeness (QED) is 0.498. The van der Waals surface area contributed by atoms with E-state index in [2.05, 4.69) is 20.6 Å². The van der Waals surface area contributed by atoms with Crippen LogP contribution in [0.1, 0.15) is 30.9 Å². The van der Waals surface area contributed by atoms with E-state index in [0.717, 1.165) is 0 Å². The molecule has 0 spiro atoms. The van der Waals surface area contributed by atoms with E-state index >= 15 is 0 Å². The van der Waals surface area contributed by atoms with Crippen LogP contribution in [0.2, 0.25) is 0 Å². The highest BCUT2D eigenvalue weighted by Gasteiger charge is 2.30. The number of aromatic nitrogens is 2. The van der Waals surface area contributed by atoms with E-state index in [9.17, 15) is 23.6 Å². The molecule has 0 aliphatic rings. The number of imidazole rings is 1. The zero-order valence-corrected chi connectivity index (χ0v) is 15.4. The summed E-state index contributed by atoms with van der Waals surface area (Å²) in [6.45, 7) is 1.91. The van der Waals surface area contributed by atoms with Crippen LogP contribution in [0.4, 0.5) is 4.39 Å². The standard InChI is InChI=1S/C18H21FN4O5/c1-9(2)15(17(27)22-12(7-14(25)26)13(24)8-19)23-18(28)16-20-10-5-3-4-6-11(10)21-16/h3-6,9,12,15H,7-8H2,1-2H3,(H,20,21)(H,22,27)(H,23,28)(H,25,26)/t12-,15-/m0/s1. The number of fused-ring (bicyclic) bond motifs is 1. The number of hydrogen-bond donors (Lipinski definition) is 4. The summed E-state index contributed by atoms with van der Waals surface area (Å²) < 4.78 is 12.7. The summed E-state index contributed by atoms with van der Waals surface area (Å²) in [5, 5.41) is 13.6. The molecule has 0 radical (unpaired) electrons. The van der Waals surface area contributed by atoms with Crippen molar-refractivity contribution in [2.75, 3.05) is 6.67 Å². The number of rotatable bonds is 9. The highest BCUT2D eigenvalue weighted by Crippen LogP contribution is 2.11. The number of amides is 2. The Morgan fingerprint density at radius 3 is 2.43 bits per heavy atom. The molecule has 0 fully saturated rings. The van der Waals surface area contributed by atoms with Crippen molar-refractivity contribution in [3.63, 3.8) is 0 Å². The minimum absolute atomic E-state index is 0.00145. The Hall–Kier alpha value is -3.30. The lowest BCUT2D eigenvalue weighted by Crippen LogP contribution is -2.54. The predicted molar refractivity (Wildman–Crippen MR) is 97.4 cm³/mol. The smallest absolute Gasteiger partial charge is 0.305 e. The molecule has 1 heterocycles. The van der Waals surface area contributed by atoms with Crippen LogP contribution in [-0.2, 0) is 14.4 Å². The van der Waals surface area contributed by atoms with Crippen molar-refractivity contribution in [2.24, 2.45) is 5.92 Å². The van der Waals surface area contributed by atoms with Crippen molar-refractivity contribution in [1.29, 1.82) is 0 Å². The normalized spacial score (nSPS) is 13.1. The molecule has 0 aliphatic heterocycles. The van der Waals surface area contributed by atoms with Gasteiger partial charge in [-0.15, -0.1) is 0 Å². The number of H-pyrrole nitrogens is 1. The van der Waals surface area contributed by atoms with Gasteiger partial charge < -0.3 is 20.7 Å². The first-order chi connectivity index (χ1) is 13.2. The lowest BCUT2D eigenvalue weighted by molar-refractivity contribution is -0.140. The fraction of sp³-hybridized carbons (Fsp3) is 0.389. The van der Waals surface area contributed by atoms with Crippen molar-refractivity contribution in [1.82, 2.24) is 20.6 Å². The number of carbonyl (C=O) groups excluding carboxylic acids is 3. The van der Waals surface area contributed by atoms with Gasteiger partial charge in [0.15, 0.2) is 11.6 Å². The molecule has 9 nitrogen and oxygen atoms in total. The second-order valence-electron chi connectivity index (χ2n) is 6.56. The van der Waals surface area contributed by atoms with Gasteiger partial charge in [-0.2, -0.15) is 0 Å². The van der Waals surface area contributed by atoms with Gasteiger partial charge in [-0.25, -0.2) is 9.37 Å². The van der Waals surface area contributed by atoms with Gasteiger partial charge in [-0.3, -0.25) is 19.2 Å². The number of para-hydroxylation sites is 2. The van der Waals surface area contributed by atoms with Crippen LogP contribution in [0.15, 0.2) is 24.3 Å². The maximum Gasteiger partial charge on any atom is 0.305 e. The molecule has 28 heavy (non-hydrogen) atoms. The molecule has 2 amide bonds. The predicted octanol–water partition coefficient (Wildman–Crippen LogP) is 0.815. The maximum atomic E-state index is 12.7. The number of carboxylic acids is 1. The number of nitrogens with zero attached hydrogens (tertiary/aromatic N) is 1. The molecule has 4 N–H and O–H groups in total. The van der Waals surface area contributed by atoms with Crippen molar-refractivity contribution < 1.29 is 28.7 Å². The third-order valence-corrected chi connectivity index (χ3v) is 4.06. The number of carbonyl (C=O) groups is 4. The van der Waals surface area contributed by atoms with Gasteiger partial charge in [-0.05, 0) is 18.1 Å². The SMILES string of the molecule is CC(C)[C@H](NC(=O)c1nc2ccccc2[nH]1)C(=O)N[C@@H](CC(=O)O)C(=O)CF. The summed E-state index contributed by atoms with van der Waals surface area (Å²) in [6.07, 6.45) is -0.753. The van der Waals surface area contributed by atoms with E-state index in [1.807, 2.05) is 0 Å². The summed E-state index contributed by atoms with van der Waals surface area (Å²) in [5.41, 5.74) is 1.22. The van der Waals surface area contributed by atoms with Gasteiger partial charge in [0.05, 0.1) is 17.5 Å². The lowest BCUT2D eigenvalue weighted by atomic mass is 10.0. The Morgan fingerprint density at radius 1 is 1.18 bits per heavy atom. The van der Waals surface area contributed by atoms with Gasteiger partial charge in [0.2, 0.25) is 5.91 Å². The maximum absolute atomic E-state index is 12.7. The molecule has 1 aromatic heterocycles. The number of halogens is 1. The van der Waals surface area contributed by atoms with Crippen LogP contribution in [0, 0.1) is 5.92 Å². The molecule has 2 rings (SSSR count). The topological polar surface area (TPSA) is 141 Å². The third kappa shape index (κ3) is 5.12. The number of carboxylic acid groups (broad SMARTS) is 1. The number of alkyl halides is 1. The summed E-state index contributed by atoms with van der Waals surface area (Å²) >= 11 is 0. The van der Waals surface area contributed by atoms with Crippen molar-refractivity contribution in [3.05, 3.63) is 30.1 Å². The first-order valence-corrected chi connectivity index (χ1v) is 8.59. The van der Waals surface area contributed by atoms with Crippen molar-refractivity contribution in [3.8, 4) is 0 Å². The van der Waals surface area contributed by atoms with Crippen molar-refractivity contribution >= 4 is 34.6 Å². The highest BCUT2D eigenvalue weighted by molar-refractivity contribution is 5.99. The largest absolute Gasteiger partial charge is 0.481 e. The summed E-state index contributed by atoms with van der Waals surface area (Å²) in [7, 11) is 0. The molecule has 0 unspecified atom stereocenters. The highest BCUT2D eigenvalue weighted by atomic mass is 19.1. The Kier molecular flexibility index (Phi) is 6.80. The zero-order chi connectivity index (χ0) is 20.8. The van der Waals surface area contributed by atoms with E-state index in [-0.39, 0.29) is 11.7 Å².